The fraction of sp³-hybridized carbons (Fsp3) is 0.417. The number of thioether (sulfide) groups is 1. The maximum Gasteiger partial charge on any atom is 0.181 e. The van der Waals surface area contributed by atoms with Crippen molar-refractivity contribution in [1.29, 1.82) is 0 Å². The Kier molecular flexibility index (Phi) is 4.33. The fourth-order valence-corrected chi connectivity index (χ4v) is 2.28. The molecule has 5 nitrogen and oxygen atoms in total. The monoisotopic (exact) mass is 263 g/mol. The molecule has 0 aromatic carbocycles. The van der Waals surface area contributed by atoms with Crippen molar-refractivity contribution < 1.29 is 0 Å². The summed E-state index contributed by atoms with van der Waals surface area (Å²) in [7, 11) is 0. The average molecular weight is 263 g/mol. The van der Waals surface area contributed by atoms with Crippen LogP contribution in [0.5, 0.6) is 0 Å². The lowest BCUT2D eigenvalue weighted by Crippen LogP contribution is -2.25. The Morgan fingerprint density at radius 3 is 3.06 bits per heavy atom. The maximum atomic E-state index is 4.27. The molecule has 0 aliphatic heterocycles. The first-order valence-corrected chi connectivity index (χ1v) is 6.82. The smallest absolute Gasteiger partial charge is 0.181 e. The van der Waals surface area contributed by atoms with E-state index in [1.165, 1.54) is 0 Å². The van der Waals surface area contributed by atoms with Crippen molar-refractivity contribution in [1.82, 2.24) is 25.3 Å². The molecule has 0 radical (unpaired) electrons. The van der Waals surface area contributed by atoms with Crippen LogP contribution in [-0.4, -0.2) is 38.3 Å². The van der Waals surface area contributed by atoms with Crippen molar-refractivity contribution in [3.8, 4) is 0 Å². The first-order valence-electron chi connectivity index (χ1n) is 5.83. The van der Waals surface area contributed by atoms with Gasteiger partial charge in [-0.2, -0.15) is 0 Å². The summed E-state index contributed by atoms with van der Waals surface area (Å²) in [6, 6.07) is 0.477. The topological polar surface area (TPSA) is 66.5 Å². The molecule has 6 heteroatoms. The van der Waals surface area contributed by atoms with Gasteiger partial charge in [-0.1, -0.05) is 37.8 Å². The molecule has 0 atom stereocenters. The molecule has 18 heavy (non-hydrogen) atoms. The first-order chi connectivity index (χ1) is 8.66. The van der Waals surface area contributed by atoms with Gasteiger partial charge in [-0.05, 0) is 0 Å². The van der Waals surface area contributed by atoms with Crippen LogP contribution in [-0.2, 0) is 0 Å². The highest BCUT2D eigenvalue weighted by atomic mass is 32.2. The third-order valence-corrected chi connectivity index (χ3v) is 3.50. The van der Waals surface area contributed by atoms with Crippen molar-refractivity contribution in [2.45, 2.75) is 24.9 Å². The van der Waals surface area contributed by atoms with E-state index in [9.17, 15) is 0 Å². The van der Waals surface area contributed by atoms with Crippen molar-refractivity contribution in [2.75, 3.05) is 12.3 Å². The number of imidazole rings is 1. The van der Waals surface area contributed by atoms with E-state index in [1.54, 1.807) is 24.4 Å². The lowest BCUT2D eigenvalue weighted by molar-refractivity contribution is 0.623. The Bertz CT molecular complexity index is 534. The van der Waals surface area contributed by atoms with Gasteiger partial charge in [-0.15, -0.1) is 0 Å². The van der Waals surface area contributed by atoms with Crippen molar-refractivity contribution in [2.24, 2.45) is 0 Å². The van der Waals surface area contributed by atoms with E-state index in [2.05, 4.69) is 45.7 Å². The number of nitrogens with one attached hydrogen (secondary N) is 2. The van der Waals surface area contributed by atoms with Gasteiger partial charge in [-0.25, -0.2) is 15.0 Å². The zero-order valence-corrected chi connectivity index (χ0v) is 11.4. The summed E-state index contributed by atoms with van der Waals surface area (Å²) in [6.45, 7) is 9.14. The quantitative estimate of drug-likeness (QED) is 0.474. The highest BCUT2D eigenvalue weighted by Crippen LogP contribution is 2.23. The predicted molar refractivity (Wildman–Crippen MR) is 74.7 cm³/mol. The van der Waals surface area contributed by atoms with Crippen LogP contribution in [0.3, 0.4) is 0 Å². The Balaban J connectivity index is 1.94. The Labute approximate surface area is 111 Å². The molecular weight excluding hydrogens is 246 g/mol. The second-order valence-corrected chi connectivity index (χ2v) is 5.32. The van der Waals surface area contributed by atoms with Crippen LogP contribution < -0.4 is 5.32 Å². The minimum absolute atomic E-state index is 0.477. The number of aromatic nitrogens is 4. The lowest BCUT2D eigenvalue weighted by Gasteiger charge is -2.09. The average Bonchev–Trinajstić information content (AvgIpc) is 2.82. The van der Waals surface area contributed by atoms with Crippen LogP contribution in [0, 0.1) is 0 Å². The van der Waals surface area contributed by atoms with E-state index >= 15 is 0 Å². The van der Waals surface area contributed by atoms with Gasteiger partial charge in [0.15, 0.2) is 5.65 Å². The van der Waals surface area contributed by atoms with Crippen LogP contribution >= 0.6 is 11.8 Å². The molecule has 0 spiro atoms. The van der Waals surface area contributed by atoms with Crippen molar-refractivity contribution in [3.63, 3.8) is 0 Å². The second kappa shape index (κ2) is 5.97. The number of nitrogens with zero attached hydrogens (tertiary/aromatic N) is 3. The molecule has 0 bridgehead atoms. The van der Waals surface area contributed by atoms with Gasteiger partial charge in [0, 0.05) is 18.3 Å². The Morgan fingerprint density at radius 1 is 1.44 bits per heavy atom. The summed E-state index contributed by atoms with van der Waals surface area (Å²) in [5.41, 5.74) is 2.76. The third kappa shape index (κ3) is 3.30. The molecule has 0 saturated carbocycles. The zero-order chi connectivity index (χ0) is 13.0. The molecule has 0 fully saturated rings. The van der Waals surface area contributed by atoms with Gasteiger partial charge in [-0.3, -0.25) is 0 Å². The van der Waals surface area contributed by atoms with Gasteiger partial charge in [0.1, 0.15) is 16.9 Å². The van der Waals surface area contributed by atoms with Gasteiger partial charge in [0.25, 0.3) is 0 Å². The van der Waals surface area contributed by atoms with Crippen molar-refractivity contribution >= 4 is 22.9 Å². The van der Waals surface area contributed by atoms with E-state index in [1.807, 2.05) is 0 Å². The number of rotatable bonds is 6. The van der Waals surface area contributed by atoms with Crippen molar-refractivity contribution in [3.05, 3.63) is 24.8 Å². The zero-order valence-electron chi connectivity index (χ0n) is 10.6. The van der Waals surface area contributed by atoms with E-state index in [4.69, 9.17) is 0 Å². The molecule has 96 valence electrons. The number of hydrogen-bond donors (Lipinski definition) is 2. The standard InChI is InChI=1S/C12H17N5S/c1-8(2)13-4-9(3)5-18-12-10-11(15-6-14-10)16-7-17-12/h6-8,13H,3-5H2,1-2H3,(H,14,15,16,17). The summed E-state index contributed by atoms with van der Waals surface area (Å²) in [4.78, 5) is 15.5. The molecule has 2 rings (SSSR count). The molecule has 0 aliphatic rings. The number of hydrogen-bond acceptors (Lipinski definition) is 5. The van der Waals surface area contributed by atoms with E-state index in [0.29, 0.717) is 11.7 Å². The van der Waals surface area contributed by atoms with E-state index < -0.39 is 0 Å². The van der Waals surface area contributed by atoms with Crippen LogP contribution in [0.2, 0.25) is 0 Å². The second-order valence-electron chi connectivity index (χ2n) is 4.35. The Hall–Kier alpha value is -1.40. The predicted octanol–water partition coefficient (Wildman–Crippen LogP) is 2.00. The van der Waals surface area contributed by atoms with E-state index in [0.717, 1.165) is 28.4 Å². The van der Waals surface area contributed by atoms with Gasteiger partial charge >= 0.3 is 0 Å². The van der Waals surface area contributed by atoms with Gasteiger partial charge in [0.2, 0.25) is 0 Å². The lowest BCUT2D eigenvalue weighted by atomic mass is 10.3. The molecule has 0 saturated heterocycles. The SMILES string of the molecule is C=C(CNC(C)C)CSc1ncnc2nc[nH]c12. The number of fused-ring (bicyclic) bond motifs is 1. The molecule has 2 N–H and O–H groups in total. The van der Waals surface area contributed by atoms with Gasteiger partial charge < -0.3 is 10.3 Å². The molecule has 0 unspecified atom stereocenters. The molecule has 0 amide bonds. The first kappa shape index (κ1) is 13.0. The minimum Gasteiger partial charge on any atom is -0.341 e. The van der Waals surface area contributed by atoms with Crippen LogP contribution in [0.4, 0.5) is 0 Å². The molecule has 2 aromatic heterocycles. The third-order valence-electron chi connectivity index (χ3n) is 2.36. The van der Waals surface area contributed by atoms with Crippen LogP contribution in [0.25, 0.3) is 11.2 Å². The Morgan fingerprint density at radius 2 is 2.28 bits per heavy atom. The van der Waals surface area contributed by atoms with Crippen LogP contribution in [0.1, 0.15) is 13.8 Å². The summed E-state index contributed by atoms with van der Waals surface area (Å²) < 4.78 is 0. The summed E-state index contributed by atoms with van der Waals surface area (Å²) in [5, 5.41) is 4.27. The van der Waals surface area contributed by atoms with Gasteiger partial charge in [0.05, 0.1) is 6.33 Å². The number of H-pyrrole nitrogens is 1. The fourth-order valence-electron chi connectivity index (χ4n) is 1.42. The molecule has 2 heterocycles. The molecule has 0 aliphatic carbocycles. The number of aromatic amines is 1. The summed E-state index contributed by atoms with van der Waals surface area (Å²) in [6.07, 6.45) is 3.18. The summed E-state index contributed by atoms with van der Waals surface area (Å²) >= 11 is 1.65. The highest BCUT2D eigenvalue weighted by Gasteiger charge is 2.07. The van der Waals surface area contributed by atoms with Crippen LogP contribution in [0.15, 0.2) is 29.8 Å². The largest absolute Gasteiger partial charge is 0.341 e. The maximum absolute atomic E-state index is 4.27. The highest BCUT2D eigenvalue weighted by molar-refractivity contribution is 7.99. The summed E-state index contributed by atoms with van der Waals surface area (Å²) in [5.74, 6) is 0.838. The van der Waals surface area contributed by atoms with E-state index in [-0.39, 0.29) is 0 Å². The normalized spacial score (nSPS) is 11.3. The minimum atomic E-state index is 0.477. The molecule has 2 aromatic rings. The molecular formula is C12H17N5S.